The molecule has 0 unspecified atom stereocenters. The molecule has 2 aliphatic rings. The third kappa shape index (κ3) is 10.6. The molecule has 0 amide bonds. The summed E-state index contributed by atoms with van der Waals surface area (Å²) in [6.07, 6.45) is 0. The zero-order valence-corrected chi connectivity index (χ0v) is 60.4. The van der Waals surface area contributed by atoms with Crippen LogP contribution in [0.1, 0.15) is 158 Å². The number of aromatic amines is 2. The van der Waals surface area contributed by atoms with Crippen LogP contribution in [0.3, 0.4) is 0 Å². The van der Waals surface area contributed by atoms with E-state index in [1.54, 1.807) is 0 Å². The molecule has 5 nitrogen and oxygen atoms in total. The first-order valence-electron chi connectivity index (χ1n) is 35.2. The number of hydrogen-bond donors (Lipinski definition) is 2. The first-order chi connectivity index (χ1) is 46.3. The quantitative estimate of drug-likeness (QED) is 0.185. The lowest BCUT2D eigenvalue weighted by molar-refractivity contribution is 0.568. The van der Waals surface area contributed by atoms with E-state index < -0.39 is 0 Å². The van der Waals surface area contributed by atoms with Crippen LogP contribution in [-0.4, -0.2) is 24.9 Å². The van der Waals surface area contributed by atoms with E-state index >= 15 is 0 Å². The number of benzene rings is 11. The van der Waals surface area contributed by atoms with Gasteiger partial charge in [-0.15, -0.1) is 0 Å². The van der Waals surface area contributed by atoms with Crippen LogP contribution in [0.2, 0.25) is 0 Å². The second kappa shape index (κ2) is 21.8. The molecule has 486 valence electrons. The van der Waals surface area contributed by atoms with Crippen molar-refractivity contribution >= 4 is 86.8 Å². The largest absolute Gasteiger partial charge is 0.353 e. The van der Waals surface area contributed by atoms with E-state index in [9.17, 15) is 0 Å². The molecule has 0 fully saturated rings. The van der Waals surface area contributed by atoms with E-state index in [1.165, 1.54) is 33.4 Å². The van der Waals surface area contributed by atoms with E-state index in [0.717, 1.165) is 160 Å². The average Bonchev–Trinajstić information content (AvgIpc) is 1.55. The molecule has 0 spiro atoms. The number of aromatic nitrogens is 5. The van der Waals surface area contributed by atoms with E-state index in [2.05, 4.69) is 335 Å². The van der Waals surface area contributed by atoms with Gasteiger partial charge in [-0.25, -0.2) is 15.0 Å². The molecule has 8 bridgehead atoms. The third-order valence-electron chi connectivity index (χ3n) is 21.1. The fraction of sp³-hybridized carbons (Fsp3) is 0.258. The van der Waals surface area contributed by atoms with Gasteiger partial charge in [-0.3, -0.25) is 0 Å². The Hall–Kier alpha value is -9.97. The molecule has 5 heteroatoms. The molecule has 16 rings (SSSR count). The first kappa shape index (κ1) is 62.8. The van der Waals surface area contributed by atoms with Gasteiger partial charge in [0.2, 0.25) is 0 Å². The summed E-state index contributed by atoms with van der Waals surface area (Å²) in [4.78, 5) is 27.4. The van der Waals surface area contributed by atoms with Gasteiger partial charge < -0.3 is 9.97 Å². The van der Waals surface area contributed by atoms with E-state index in [1.807, 2.05) is 0 Å². The Morgan fingerprint density at radius 3 is 0.786 bits per heavy atom. The number of nitrogens with one attached hydrogen (secondary N) is 2. The van der Waals surface area contributed by atoms with E-state index in [0.29, 0.717) is 5.82 Å². The lowest BCUT2D eigenvalue weighted by Gasteiger charge is -2.26. The maximum Gasteiger partial charge on any atom is 0.162 e. The van der Waals surface area contributed by atoms with Gasteiger partial charge >= 0.3 is 0 Å². The van der Waals surface area contributed by atoms with Crippen molar-refractivity contribution in [3.8, 4) is 78.5 Å². The second-order valence-corrected chi connectivity index (χ2v) is 34.4. The van der Waals surface area contributed by atoms with Crippen LogP contribution in [0, 0.1) is 0 Å². The van der Waals surface area contributed by atoms with Gasteiger partial charge in [0.15, 0.2) is 5.82 Å². The minimum absolute atomic E-state index is 0.197. The summed E-state index contributed by atoms with van der Waals surface area (Å²) in [5.74, 6) is 0.649. The van der Waals surface area contributed by atoms with Crippen LogP contribution in [0.4, 0.5) is 0 Å². The minimum Gasteiger partial charge on any atom is -0.353 e. The van der Waals surface area contributed by atoms with Gasteiger partial charge in [-0.2, -0.15) is 0 Å². The highest BCUT2D eigenvalue weighted by molar-refractivity contribution is 6.23. The highest BCUT2D eigenvalue weighted by Gasteiger charge is 2.34. The lowest BCUT2D eigenvalue weighted by Crippen LogP contribution is -2.16. The summed E-state index contributed by atoms with van der Waals surface area (Å²) in [6, 6.07) is 76.6. The van der Waals surface area contributed by atoms with Crippen molar-refractivity contribution in [2.45, 2.75) is 157 Å². The van der Waals surface area contributed by atoms with Crippen molar-refractivity contribution in [3.05, 3.63) is 234 Å². The molecule has 14 aromatic rings. The van der Waals surface area contributed by atoms with Crippen LogP contribution in [0.15, 0.2) is 200 Å². The van der Waals surface area contributed by atoms with Crippen molar-refractivity contribution < 1.29 is 0 Å². The number of hydrogen-bond acceptors (Lipinski definition) is 3. The van der Waals surface area contributed by atoms with Gasteiger partial charge in [0, 0.05) is 60.5 Å². The smallest absolute Gasteiger partial charge is 0.162 e. The Morgan fingerprint density at radius 1 is 0.235 bits per heavy atom. The molecule has 2 N–H and O–H groups in total. The molecule has 0 saturated carbocycles. The average molecular weight is 1280 g/mol. The zero-order valence-electron chi connectivity index (χ0n) is 60.4. The Kier molecular flexibility index (Phi) is 14.0. The number of nitrogens with zero attached hydrogens (tertiary/aromatic N) is 3. The first-order valence-corrected chi connectivity index (χ1v) is 35.2. The van der Waals surface area contributed by atoms with Crippen molar-refractivity contribution in [1.29, 1.82) is 0 Å². The van der Waals surface area contributed by atoms with Crippen molar-refractivity contribution in [1.82, 2.24) is 24.9 Å². The van der Waals surface area contributed by atoms with Crippen LogP contribution in [-0.2, 0) is 32.5 Å². The number of H-pyrrole nitrogens is 2. The molecule has 0 aliphatic carbocycles. The van der Waals surface area contributed by atoms with Gasteiger partial charge in [-0.05, 0) is 174 Å². The highest BCUT2D eigenvalue weighted by atomic mass is 15.0. The van der Waals surface area contributed by atoms with Crippen molar-refractivity contribution in [2.75, 3.05) is 0 Å². The van der Waals surface area contributed by atoms with Crippen LogP contribution in [0.25, 0.3) is 165 Å². The minimum atomic E-state index is -0.210. The summed E-state index contributed by atoms with van der Waals surface area (Å²) in [5, 5.41) is 13.4. The van der Waals surface area contributed by atoms with Crippen LogP contribution in [0.5, 0.6) is 0 Å². The maximum absolute atomic E-state index is 6.51. The fourth-order valence-electron chi connectivity index (χ4n) is 15.1. The van der Waals surface area contributed by atoms with Crippen molar-refractivity contribution in [2.24, 2.45) is 0 Å². The standard InChI is InChI=1S/C93H89N5/c1-88(2,3)63-35-60(36-64(49-63)89(4,5)6)77-80-69-41-52-27-19-21-29-54(52)43-71(69)82(94-80)78(61-37-65(90(7,8)9)50-66(38-61)91(10,11)12)84-73-45-56-31-23-25-33-58(56)47-75(73)86(96-84)98-87-76-48-59-34-26-24-32-57(59)46-74(76)85(97-87)79(62-39-67(92(13,14)15)51-68(40-62)93(16,17)18)83-72-44-55-30-22-20-28-53(55)42-70(72)81(77)95-83/h19-51,94H,1-18H3,(H,96,97,98). The number of rotatable bonds is 3. The summed E-state index contributed by atoms with van der Waals surface area (Å²) < 4.78 is 0. The summed E-state index contributed by atoms with van der Waals surface area (Å²) in [7, 11) is 0. The van der Waals surface area contributed by atoms with Crippen molar-refractivity contribution in [3.63, 3.8) is 0 Å². The molecule has 0 radical (unpaired) electrons. The van der Waals surface area contributed by atoms with Gasteiger partial charge in [0.05, 0.1) is 33.6 Å². The Labute approximate surface area is 577 Å². The molecule has 0 saturated heterocycles. The Balaban J connectivity index is 1.27. The zero-order chi connectivity index (χ0) is 68.7. The molecule has 0 atom stereocenters. The molecule has 2 aliphatic heterocycles. The third-order valence-corrected chi connectivity index (χ3v) is 21.1. The van der Waals surface area contributed by atoms with Crippen LogP contribution < -0.4 is 0 Å². The lowest BCUT2D eigenvalue weighted by atomic mass is 9.78. The normalized spacial score (nSPS) is 13.2. The fourth-order valence-corrected chi connectivity index (χ4v) is 15.1. The molecular formula is C93H89N5. The van der Waals surface area contributed by atoms with Gasteiger partial charge in [0.25, 0.3) is 0 Å². The molecule has 98 heavy (non-hydrogen) atoms. The number of fused-ring (bicyclic) bond motifs is 24. The van der Waals surface area contributed by atoms with E-state index in [4.69, 9.17) is 15.0 Å². The van der Waals surface area contributed by atoms with E-state index in [-0.39, 0.29) is 32.5 Å². The SMILES string of the molecule is CC(C)(C)c1cc(-c2c3nc(c(-c4cc(C(C)(C)C)cc(C(C)(C)C)c4)c4[nH]c(c(-c5cc(C(C)(C)C)cc(C(C)(C)C)c5)c5nc(nc6[nH]c2c2cc7ccccc7cc62)-c2cc6ccccc6cc2-5)c2cc5ccccc5cc42)-c2cc4ccccc4cc2-3)cc(C(C)(C)C)c1. The summed E-state index contributed by atoms with van der Waals surface area (Å²) >= 11 is 0. The molecule has 3 aromatic heterocycles. The summed E-state index contributed by atoms with van der Waals surface area (Å²) in [6.45, 7) is 42.2. The molecular weight excluding hydrogens is 1190 g/mol. The second-order valence-electron chi connectivity index (χ2n) is 34.4. The predicted octanol–water partition coefficient (Wildman–Crippen LogP) is 26.1. The topological polar surface area (TPSA) is 70.2 Å². The van der Waals surface area contributed by atoms with Gasteiger partial charge in [0.1, 0.15) is 5.65 Å². The molecule has 5 heterocycles. The highest BCUT2D eigenvalue weighted by Crippen LogP contribution is 2.54. The Bertz CT molecular complexity index is 5750. The van der Waals surface area contributed by atoms with Gasteiger partial charge in [-0.1, -0.05) is 276 Å². The maximum atomic E-state index is 6.51. The monoisotopic (exact) mass is 1280 g/mol. The molecule has 11 aromatic carbocycles. The summed E-state index contributed by atoms with van der Waals surface area (Å²) in [5.41, 5.74) is 23.2. The predicted molar refractivity (Wildman–Crippen MR) is 421 cm³/mol. The Morgan fingerprint density at radius 2 is 0.480 bits per heavy atom. The van der Waals surface area contributed by atoms with Crippen LogP contribution >= 0.6 is 0 Å².